The summed E-state index contributed by atoms with van der Waals surface area (Å²) in [7, 11) is 3.19. The Morgan fingerprint density at radius 3 is 2.67 bits per heavy atom. The highest BCUT2D eigenvalue weighted by Crippen LogP contribution is 2.33. The van der Waals surface area contributed by atoms with E-state index in [1.165, 1.54) is 0 Å². The van der Waals surface area contributed by atoms with Crippen molar-refractivity contribution in [3.63, 3.8) is 0 Å². The van der Waals surface area contributed by atoms with Gasteiger partial charge in [0, 0.05) is 19.1 Å². The van der Waals surface area contributed by atoms with Gasteiger partial charge in [-0.3, -0.25) is 9.69 Å². The molecule has 6 heteroatoms. The van der Waals surface area contributed by atoms with E-state index in [4.69, 9.17) is 20.3 Å². The number of carbonyl (C=O) groups is 1. The molecule has 1 aromatic rings. The first-order chi connectivity index (χ1) is 10.1. The molecular formula is C15H22N2O4. The van der Waals surface area contributed by atoms with Gasteiger partial charge < -0.3 is 20.3 Å². The lowest BCUT2D eigenvalue weighted by molar-refractivity contribution is -0.141. The van der Waals surface area contributed by atoms with Crippen LogP contribution in [0.1, 0.15) is 18.0 Å². The van der Waals surface area contributed by atoms with Gasteiger partial charge in [0.15, 0.2) is 11.5 Å². The SMILES string of the molecule is COc1ccc([C@@H](CN)N2CC[C@@H](C(=O)O)C2)cc1OC. The number of nitrogens with two attached hydrogens (primary N) is 1. The van der Waals surface area contributed by atoms with E-state index in [0.717, 1.165) is 12.1 Å². The average Bonchev–Trinajstić information content (AvgIpc) is 2.97. The molecule has 0 spiro atoms. The molecule has 1 aliphatic rings. The zero-order chi connectivity index (χ0) is 15.4. The third kappa shape index (κ3) is 3.28. The van der Waals surface area contributed by atoms with Crippen LogP contribution in [0.2, 0.25) is 0 Å². The Morgan fingerprint density at radius 1 is 1.43 bits per heavy atom. The molecule has 1 saturated heterocycles. The Kier molecular flexibility index (Phi) is 5.03. The topological polar surface area (TPSA) is 85.0 Å². The van der Waals surface area contributed by atoms with Gasteiger partial charge in [-0.15, -0.1) is 0 Å². The van der Waals surface area contributed by atoms with Crippen molar-refractivity contribution >= 4 is 5.97 Å². The lowest BCUT2D eigenvalue weighted by Crippen LogP contribution is -2.32. The molecule has 0 bridgehead atoms. The van der Waals surface area contributed by atoms with Gasteiger partial charge in [-0.05, 0) is 30.7 Å². The largest absolute Gasteiger partial charge is 0.493 e. The maximum Gasteiger partial charge on any atom is 0.307 e. The highest BCUT2D eigenvalue weighted by atomic mass is 16.5. The van der Waals surface area contributed by atoms with Crippen molar-refractivity contribution in [2.45, 2.75) is 12.5 Å². The number of hydrogen-bond donors (Lipinski definition) is 2. The van der Waals surface area contributed by atoms with E-state index in [1.807, 2.05) is 18.2 Å². The van der Waals surface area contributed by atoms with E-state index in [9.17, 15) is 4.79 Å². The number of nitrogens with zero attached hydrogens (tertiary/aromatic N) is 1. The predicted octanol–water partition coefficient (Wildman–Crippen LogP) is 1.11. The molecule has 116 valence electrons. The molecule has 0 amide bonds. The molecule has 6 nitrogen and oxygen atoms in total. The van der Waals surface area contributed by atoms with E-state index < -0.39 is 5.97 Å². The number of likely N-dealkylation sites (tertiary alicyclic amines) is 1. The van der Waals surface area contributed by atoms with E-state index in [0.29, 0.717) is 31.0 Å². The van der Waals surface area contributed by atoms with Gasteiger partial charge in [-0.2, -0.15) is 0 Å². The van der Waals surface area contributed by atoms with Crippen LogP contribution in [0, 0.1) is 5.92 Å². The monoisotopic (exact) mass is 294 g/mol. The second kappa shape index (κ2) is 6.78. The fraction of sp³-hybridized carbons (Fsp3) is 0.533. The van der Waals surface area contributed by atoms with Crippen molar-refractivity contribution in [3.8, 4) is 11.5 Å². The number of benzene rings is 1. The summed E-state index contributed by atoms with van der Waals surface area (Å²) in [4.78, 5) is 13.2. The molecule has 0 unspecified atom stereocenters. The van der Waals surface area contributed by atoms with Gasteiger partial charge in [-0.1, -0.05) is 6.07 Å². The zero-order valence-electron chi connectivity index (χ0n) is 12.4. The minimum absolute atomic E-state index is 0.00541. The maximum atomic E-state index is 11.1. The van der Waals surface area contributed by atoms with Crippen LogP contribution < -0.4 is 15.2 Å². The summed E-state index contributed by atoms with van der Waals surface area (Å²) in [5.41, 5.74) is 6.92. The van der Waals surface area contributed by atoms with Gasteiger partial charge in [-0.25, -0.2) is 0 Å². The first-order valence-corrected chi connectivity index (χ1v) is 6.99. The van der Waals surface area contributed by atoms with Crippen molar-refractivity contribution in [2.75, 3.05) is 33.9 Å². The predicted molar refractivity (Wildman–Crippen MR) is 78.7 cm³/mol. The number of rotatable bonds is 6. The Morgan fingerprint density at radius 2 is 2.14 bits per heavy atom. The van der Waals surface area contributed by atoms with Crippen molar-refractivity contribution in [3.05, 3.63) is 23.8 Å². The summed E-state index contributed by atoms with van der Waals surface area (Å²) in [5.74, 6) is 0.282. The van der Waals surface area contributed by atoms with Crippen LogP contribution in [0.4, 0.5) is 0 Å². The number of ether oxygens (including phenoxy) is 2. The van der Waals surface area contributed by atoms with Crippen molar-refractivity contribution in [1.82, 2.24) is 4.90 Å². The first kappa shape index (κ1) is 15.6. The van der Waals surface area contributed by atoms with Crippen LogP contribution in [0.3, 0.4) is 0 Å². The molecule has 0 aromatic heterocycles. The molecule has 0 radical (unpaired) electrons. The molecule has 2 rings (SSSR count). The third-order valence-electron chi connectivity index (χ3n) is 4.03. The summed E-state index contributed by atoms with van der Waals surface area (Å²) >= 11 is 0. The van der Waals surface area contributed by atoms with Crippen LogP contribution in [0.5, 0.6) is 11.5 Å². The zero-order valence-corrected chi connectivity index (χ0v) is 12.4. The van der Waals surface area contributed by atoms with Gasteiger partial charge >= 0.3 is 5.97 Å². The molecule has 2 atom stereocenters. The molecule has 21 heavy (non-hydrogen) atoms. The highest BCUT2D eigenvalue weighted by molar-refractivity contribution is 5.70. The Balaban J connectivity index is 2.20. The van der Waals surface area contributed by atoms with Crippen LogP contribution >= 0.6 is 0 Å². The smallest absolute Gasteiger partial charge is 0.307 e. The lowest BCUT2D eigenvalue weighted by Gasteiger charge is -2.27. The van der Waals surface area contributed by atoms with E-state index in [2.05, 4.69) is 4.90 Å². The van der Waals surface area contributed by atoms with Crippen molar-refractivity contribution in [1.29, 1.82) is 0 Å². The summed E-state index contributed by atoms with van der Waals surface area (Å²) in [6, 6.07) is 5.70. The lowest BCUT2D eigenvalue weighted by atomic mass is 10.0. The van der Waals surface area contributed by atoms with Crippen LogP contribution in [-0.4, -0.2) is 49.8 Å². The van der Waals surface area contributed by atoms with Crippen molar-refractivity contribution in [2.24, 2.45) is 11.7 Å². The van der Waals surface area contributed by atoms with E-state index >= 15 is 0 Å². The molecule has 1 aliphatic heterocycles. The molecular weight excluding hydrogens is 272 g/mol. The first-order valence-electron chi connectivity index (χ1n) is 6.99. The molecule has 0 saturated carbocycles. The minimum Gasteiger partial charge on any atom is -0.493 e. The standard InChI is InChI=1S/C15H22N2O4/c1-20-13-4-3-10(7-14(13)21-2)12(8-16)17-6-5-11(9-17)15(18)19/h3-4,7,11-12H,5-6,8-9,16H2,1-2H3,(H,18,19)/t11-,12-/m1/s1. The summed E-state index contributed by atoms with van der Waals surface area (Å²) in [5, 5.41) is 9.11. The Hall–Kier alpha value is -1.79. The quantitative estimate of drug-likeness (QED) is 0.817. The van der Waals surface area contributed by atoms with E-state index in [-0.39, 0.29) is 12.0 Å². The number of methoxy groups -OCH3 is 2. The second-order valence-corrected chi connectivity index (χ2v) is 5.18. The molecule has 0 aliphatic carbocycles. The third-order valence-corrected chi connectivity index (χ3v) is 4.03. The number of aliphatic carboxylic acids is 1. The summed E-state index contributed by atoms with van der Waals surface area (Å²) < 4.78 is 10.5. The Labute approximate surface area is 124 Å². The minimum atomic E-state index is -0.736. The van der Waals surface area contributed by atoms with Gasteiger partial charge in [0.1, 0.15) is 0 Å². The van der Waals surface area contributed by atoms with E-state index in [1.54, 1.807) is 14.2 Å². The normalized spacial score (nSPS) is 20.2. The Bertz CT molecular complexity index is 506. The molecule has 1 heterocycles. The molecule has 1 fully saturated rings. The van der Waals surface area contributed by atoms with Crippen LogP contribution in [0.25, 0.3) is 0 Å². The molecule has 3 N–H and O–H groups in total. The van der Waals surface area contributed by atoms with Crippen molar-refractivity contribution < 1.29 is 19.4 Å². The van der Waals surface area contributed by atoms with Crippen LogP contribution in [-0.2, 0) is 4.79 Å². The van der Waals surface area contributed by atoms with Gasteiger partial charge in [0.05, 0.1) is 20.1 Å². The number of carboxylic acid groups (broad SMARTS) is 1. The van der Waals surface area contributed by atoms with Gasteiger partial charge in [0.2, 0.25) is 0 Å². The van der Waals surface area contributed by atoms with Crippen LogP contribution in [0.15, 0.2) is 18.2 Å². The second-order valence-electron chi connectivity index (χ2n) is 5.18. The number of hydrogen-bond acceptors (Lipinski definition) is 5. The molecule has 1 aromatic carbocycles. The highest BCUT2D eigenvalue weighted by Gasteiger charge is 2.32. The summed E-state index contributed by atoms with van der Waals surface area (Å²) in [6.07, 6.45) is 0.666. The summed E-state index contributed by atoms with van der Waals surface area (Å²) in [6.45, 7) is 1.71. The number of carboxylic acids is 1. The van der Waals surface area contributed by atoms with Gasteiger partial charge in [0.25, 0.3) is 0 Å². The fourth-order valence-electron chi connectivity index (χ4n) is 2.83. The maximum absolute atomic E-state index is 11.1. The fourth-order valence-corrected chi connectivity index (χ4v) is 2.83. The average molecular weight is 294 g/mol.